The Balaban J connectivity index is 2.57. The summed E-state index contributed by atoms with van der Waals surface area (Å²) in [6, 6.07) is 0. The predicted molar refractivity (Wildman–Crippen MR) is 64.8 cm³/mol. The SMILES string of the molecule is CCC(=O)/C=C/CC1(C)CCCC1(C)C. The number of carbonyl (C=O) groups excluding carboxylic acids is 1. The molecule has 1 saturated carbocycles. The van der Waals surface area contributed by atoms with Gasteiger partial charge in [-0.25, -0.2) is 0 Å². The van der Waals surface area contributed by atoms with Gasteiger partial charge in [0.2, 0.25) is 0 Å². The lowest BCUT2D eigenvalue weighted by Crippen LogP contribution is -2.28. The molecule has 1 unspecified atom stereocenters. The maximum absolute atomic E-state index is 11.2. The third-order valence-corrected chi connectivity index (χ3v) is 4.38. The molecule has 1 aliphatic rings. The molecule has 0 amide bonds. The van der Waals surface area contributed by atoms with E-state index in [1.807, 2.05) is 6.92 Å². The van der Waals surface area contributed by atoms with Crippen molar-refractivity contribution in [2.45, 2.75) is 59.8 Å². The Bertz CT molecular complexity index is 263. The molecule has 0 aliphatic heterocycles. The van der Waals surface area contributed by atoms with Gasteiger partial charge in [-0.1, -0.05) is 40.2 Å². The smallest absolute Gasteiger partial charge is 0.155 e. The highest BCUT2D eigenvalue weighted by molar-refractivity contribution is 5.89. The van der Waals surface area contributed by atoms with E-state index in [1.165, 1.54) is 19.3 Å². The van der Waals surface area contributed by atoms with E-state index in [1.54, 1.807) is 6.08 Å². The Morgan fingerprint density at radius 3 is 2.40 bits per heavy atom. The van der Waals surface area contributed by atoms with Crippen molar-refractivity contribution in [3.05, 3.63) is 12.2 Å². The van der Waals surface area contributed by atoms with Gasteiger partial charge in [0, 0.05) is 6.42 Å². The highest BCUT2D eigenvalue weighted by atomic mass is 16.1. The van der Waals surface area contributed by atoms with Gasteiger partial charge < -0.3 is 0 Å². The van der Waals surface area contributed by atoms with Gasteiger partial charge in [-0.05, 0) is 36.2 Å². The van der Waals surface area contributed by atoms with Crippen LogP contribution in [-0.2, 0) is 4.79 Å². The molecular weight excluding hydrogens is 184 g/mol. The van der Waals surface area contributed by atoms with E-state index in [2.05, 4.69) is 26.8 Å². The Morgan fingerprint density at radius 2 is 1.93 bits per heavy atom. The average molecular weight is 208 g/mol. The molecule has 86 valence electrons. The summed E-state index contributed by atoms with van der Waals surface area (Å²) in [4.78, 5) is 11.2. The normalized spacial score (nSPS) is 29.9. The quantitative estimate of drug-likeness (QED) is 0.635. The summed E-state index contributed by atoms with van der Waals surface area (Å²) in [6.07, 6.45) is 9.46. The lowest BCUT2D eigenvalue weighted by molar-refractivity contribution is -0.114. The van der Waals surface area contributed by atoms with Crippen LogP contribution in [0.15, 0.2) is 12.2 Å². The van der Waals surface area contributed by atoms with Crippen LogP contribution >= 0.6 is 0 Å². The van der Waals surface area contributed by atoms with E-state index < -0.39 is 0 Å². The standard InChI is InChI=1S/C14H24O/c1-5-12(15)8-6-10-14(4)11-7-9-13(14,2)3/h6,8H,5,7,9-11H2,1-4H3/b8-6+. The van der Waals surface area contributed by atoms with E-state index >= 15 is 0 Å². The van der Waals surface area contributed by atoms with Crippen molar-refractivity contribution >= 4 is 5.78 Å². The number of hydrogen-bond acceptors (Lipinski definition) is 1. The van der Waals surface area contributed by atoms with E-state index in [0.717, 1.165) is 6.42 Å². The van der Waals surface area contributed by atoms with Crippen LogP contribution < -0.4 is 0 Å². The first-order chi connectivity index (χ1) is 6.91. The van der Waals surface area contributed by atoms with Gasteiger partial charge in [-0.15, -0.1) is 0 Å². The van der Waals surface area contributed by atoms with Crippen LogP contribution in [-0.4, -0.2) is 5.78 Å². The summed E-state index contributed by atoms with van der Waals surface area (Å²) in [6.45, 7) is 8.99. The molecule has 1 rings (SSSR count). The van der Waals surface area contributed by atoms with Crippen LogP contribution in [0.25, 0.3) is 0 Å². The lowest BCUT2D eigenvalue weighted by atomic mass is 9.67. The second kappa shape index (κ2) is 4.51. The van der Waals surface area contributed by atoms with Crippen LogP contribution in [0.4, 0.5) is 0 Å². The molecule has 1 atom stereocenters. The highest BCUT2D eigenvalue weighted by Crippen LogP contribution is 2.54. The van der Waals surface area contributed by atoms with Gasteiger partial charge in [0.1, 0.15) is 0 Å². The van der Waals surface area contributed by atoms with Gasteiger partial charge in [0.25, 0.3) is 0 Å². The topological polar surface area (TPSA) is 17.1 Å². The van der Waals surface area contributed by atoms with Crippen molar-refractivity contribution in [2.75, 3.05) is 0 Å². The Morgan fingerprint density at radius 1 is 1.27 bits per heavy atom. The van der Waals surface area contributed by atoms with Crippen molar-refractivity contribution in [3.63, 3.8) is 0 Å². The highest BCUT2D eigenvalue weighted by Gasteiger charge is 2.43. The fourth-order valence-electron chi connectivity index (χ4n) is 2.51. The van der Waals surface area contributed by atoms with Gasteiger partial charge in [0.05, 0.1) is 0 Å². The minimum absolute atomic E-state index is 0.245. The minimum atomic E-state index is 0.245. The Kier molecular flexibility index (Phi) is 3.75. The summed E-state index contributed by atoms with van der Waals surface area (Å²) in [5.41, 5.74) is 0.810. The van der Waals surface area contributed by atoms with Gasteiger partial charge in [0.15, 0.2) is 5.78 Å². The summed E-state index contributed by atoms with van der Waals surface area (Å²) < 4.78 is 0. The largest absolute Gasteiger partial charge is 0.295 e. The van der Waals surface area contributed by atoms with Crippen LogP contribution in [0.3, 0.4) is 0 Å². The summed E-state index contributed by atoms with van der Waals surface area (Å²) >= 11 is 0. The number of allylic oxidation sites excluding steroid dienone is 2. The molecule has 0 heterocycles. The van der Waals surface area contributed by atoms with Gasteiger partial charge in [-0.2, -0.15) is 0 Å². The number of ketones is 1. The molecule has 1 fully saturated rings. The molecule has 0 aromatic carbocycles. The zero-order valence-electron chi connectivity index (χ0n) is 10.6. The molecule has 0 N–H and O–H groups in total. The van der Waals surface area contributed by atoms with Crippen molar-refractivity contribution in [2.24, 2.45) is 10.8 Å². The third kappa shape index (κ3) is 2.70. The van der Waals surface area contributed by atoms with Crippen molar-refractivity contribution in [1.29, 1.82) is 0 Å². The van der Waals surface area contributed by atoms with E-state index in [-0.39, 0.29) is 5.78 Å². The fourth-order valence-corrected chi connectivity index (χ4v) is 2.51. The molecule has 1 heteroatoms. The first-order valence-electron chi connectivity index (χ1n) is 6.11. The third-order valence-electron chi connectivity index (χ3n) is 4.38. The van der Waals surface area contributed by atoms with Gasteiger partial charge in [-0.3, -0.25) is 4.79 Å². The fraction of sp³-hybridized carbons (Fsp3) is 0.786. The Labute approximate surface area is 93.9 Å². The number of rotatable bonds is 4. The van der Waals surface area contributed by atoms with Crippen LogP contribution in [0.1, 0.15) is 59.8 Å². The molecular formula is C14H24O. The second-order valence-electron chi connectivity index (χ2n) is 5.72. The lowest BCUT2D eigenvalue weighted by Gasteiger charge is -2.37. The Hall–Kier alpha value is -0.590. The van der Waals surface area contributed by atoms with Gasteiger partial charge >= 0.3 is 0 Å². The van der Waals surface area contributed by atoms with E-state index in [9.17, 15) is 4.79 Å². The van der Waals surface area contributed by atoms with E-state index in [4.69, 9.17) is 0 Å². The van der Waals surface area contributed by atoms with Crippen LogP contribution in [0.5, 0.6) is 0 Å². The van der Waals surface area contributed by atoms with E-state index in [0.29, 0.717) is 17.3 Å². The van der Waals surface area contributed by atoms with Crippen molar-refractivity contribution in [3.8, 4) is 0 Å². The molecule has 1 nitrogen and oxygen atoms in total. The van der Waals surface area contributed by atoms with Crippen LogP contribution in [0, 0.1) is 10.8 Å². The monoisotopic (exact) mass is 208 g/mol. The number of hydrogen-bond donors (Lipinski definition) is 0. The van der Waals surface area contributed by atoms with Crippen LogP contribution in [0.2, 0.25) is 0 Å². The molecule has 0 saturated heterocycles. The molecule has 15 heavy (non-hydrogen) atoms. The second-order valence-corrected chi connectivity index (χ2v) is 5.72. The zero-order chi connectivity index (χ0) is 11.5. The molecule has 0 spiro atoms. The first kappa shape index (κ1) is 12.5. The molecule has 0 aromatic heterocycles. The number of carbonyl (C=O) groups is 1. The molecule has 0 aromatic rings. The molecule has 0 radical (unpaired) electrons. The summed E-state index contributed by atoms with van der Waals surface area (Å²) in [5, 5.41) is 0. The molecule has 0 bridgehead atoms. The predicted octanol–water partition coefficient (Wildman–Crippen LogP) is 4.13. The summed E-state index contributed by atoms with van der Waals surface area (Å²) in [5.74, 6) is 0.245. The molecule has 1 aliphatic carbocycles. The first-order valence-corrected chi connectivity index (χ1v) is 6.11. The average Bonchev–Trinajstić information content (AvgIpc) is 2.41. The minimum Gasteiger partial charge on any atom is -0.295 e. The maximum atomic E-state index is 11.2. The maximum Gasteiger partial charge on any atom is 0.155 e. The zero-order valence-corrected chi connectivity index (χ0v) is 10.6. The van der Waals surface area contributed by atoms with Crippen molar-refractivity contribution < 1.29 is 4.79 Å². The summed E-state index contributed by atoms with van der Waals surface area (Å²) in [7, 11) is 0. The van der Waals surface area contributed by atoms with Crippen molar-refractivity contribution in [1.82, 2.24) is 0 Å².